The number of rotatable bonds is 9. The average Bonchev–Trinajstić information content (AvgIpc) is 3.03. The Hall–Kier alpha value is -5.42. The fourth-order valence-electron chi connectivity index (χ4n) is 5.25. The zero-order chi connectivity index (χ0) is 28.3. The van der Waals surface area contributed by atoms with Gasteiger partial charge in [-0.15, -0.1) is 0 Å². The van der Waals surface area contributed by atoms with Gasteiger partial charge in [0.05, 0.1) is 5.69 Å². The minimum absolute atomic E-state index is 0.169. The highest BCUT2D eigenvalue weighted by atomic mass is 16.5. The van der Waals surface area contributed by atoms with Crippen molar-refractivity contribution in [2.75, 3.05) is 4.90 Å². The molecule has 0 fully saturated rings. The van der Waals surface area contributed by atoms with Crippen LogP contribution < -0.4 is 4.90 Å². The van der Waals surface area contributed by atoms with E-state index in [4.69, 9.17) is 9.47 Å². The lowest BCUT2D eigenvalue weighted by atomic mass is 9.93. The van der Waals surface area contributed by atoms with Crippen molar-refractivity contribution in [3.8, 4) is 0 Å². The van der Waals surface area contributed by atoms with Gasteiger partial charge in [-0.1, -0.05) is 86.0 Å². The van der Waals surface area contributed by atoms with E-state index in [-0.39, 0.29) is 13.2 Å². The van der Waals surface area contributed by atoms with Crippen LogP contribution in [0.25, 0.3) is 32.3 Å². The lowest BCUT2D eigenvalue weighted by Crippen LogP contribution is -2.11. The van der Waals surface area contributed by atoms with Crippen molar-refractivity contribution in [3.05, 3.63) is 140 Å². The maximum Gasteiger partial charge on any atom is 0.330 e. The Morgan fingerprint density at radius 1 is 0.585 bits per heavy atom. The topological polar surface area (TPSA) is 55.8 Å². The van der Waals surface area contributed by atoms with Crippen molar-refractivity contribution in [2.24, 2.45) is 0 Å². The maximum atomic E-state index is 11.5. The molecular formula is C36H27NO4. The first-order valence-electron chi connectivity index (χ1n) is 13.3. The molecule has 0 amide bonds. The molecule has 6 aromatic rings. The van der Waals surface area contributed by atoms with E-state index in [1.807, 2.05) is 48.5 Å². The lowest BCUT2D eigenvalue weighted by Gasteiger charge is -2.28. The smallest absolute Gasteiger partial charge is 0.330 e. The molecule has 0 saturated heterocycles. The van der Waals surface area contributed by atoms with Crippen LogP contribution in [0.1, 0.15) is 11.1 Å². The van der Waals surface area contributed by atoms with E-state index in [2.05, 4.69) is 72.7 Å². The van der Waals surface area contributed by atoms with Gasteiger partial charge in [0.1, 0.15) is 13.2 Å². The number of anilines is 3. The van der Waals surface area contributed by atoms with Crippen LogP contribution in [0, 0.1) is 0 Å². The summed E-state index contributed by atoms with van der Waals surface area (Å²) >= 11 is 0. The molecule has 0 aromatic heterocycles. The van der Waals surface area contributed by atoms with E-state index < -0.39 is 11.9 Å². The van der Waals surface area contributed by atoms with Crippen LogP contribution in [0.5, 0.6) is 0 Å². The van der Waals surface area contributed by atoms with Gasteiger partial charge in [-0.3, -0.25) is 0 Å². The highest BCUT2D eigenvalue weighted by molar-refractivity contribution is 6.25. The van der Waals surface area contributed by atoms with Crippen molar-refractivity contribution in [2.45, 2.75) is 13.2 Å². The molecule has 0 N–H and O–H groups in total. The molecule has 6 rings (SSSR count). The molecule has 0 aliphatic rings. The normalized spacial score (nSPS) is 11.0. The van der Waals surface area contributed by atoms with Crippen molar-refractivity contribution in [1.29, 1.82) is 0 Å². The van der Waals surface area contributed by atoms with Crippen LogP contribution >= 0.6 is 0 Å². The number of carbonyl (C=O) groups is 2. The van der Waals surface area contributed by atoms with Gasteiger partial charge in [-0.2, -0.15) is 0 Å². The first-order chi connectivity index (χ1) is 20.1. The third-order valence-corrected chi connectivity index (χ3v) is 7.23. The van der Waals surface area contributed by atoms with Crippen LogP contribution in [0.4, 0.5) is 17.1 Å². The van der Waals surface area contributed by atoms with Gasteiger partial charge < -0.3 is 14.4 Å². The molecular weight excluding hydrogens is 510 g/mol. The second kappa shape index (κ2) is 11.0. The highest BCUT2D eigenvalue weighted by Gasteiger charge is 2.18. The summed E-state index contributed by atoms with van der Waals surface area (Å²) in [4.78, 5) is 25.3. The molecule has 0 aliphatic carbocycles. The van der Waals surface area contributed by atoms with Crippen LogP contribution in [-0.4, -0.2) is 11.9 Å². The first kappa shape index (κ1) is 25.8. The number of ether oxygens (including phenoxy) is 2. The minimum Gasteiger partial charge on any atom is -0.458 e. The first-order valence-corrected chi connectivity index (χ1v) is 13.3. The molecule has 0 radical (unpaired) electrons. The molecule has 0 atom stereocenters. The van der Waals surface area contributed by atoms with E-state index in [0.717, 1.165) is 45.7 Å². The fraction of sp³-hybridized carbons (Fsp3) is 0.0556. The van der Waals surface area contributed by atoms with E-state index in [9.17, 15) is 9.59 Å². The lowest BCUT2D eigenvalue weighted by molar-refractivity contribution is -0.139. The molecule has 0 aliphatic heterocycles. The maximum absolute atomic E-state index is 11.5. The monoisotopic (exact) mass is 537 g/mol. The van der Waals surface area contributed by atoms with E-state index in [1.54, 1.807) is 0 Å². The summed E-state index contributed by atoms with van der Waals surface area (Å²) in [6.07, 6.45) is 2.32. The molecule has 6 aromatic carbocycles. The third-order valence-electron chi connectivity index (χ3n) is 7.23. The zero-order valence-corrected chi connectivity index (χ0v) is 22.4. The van der Waals surface area contributed by atoms with Gasteiger partial charge in [0.2, 0.25) is 0 Å². The molecule has 0 saturated carbocycles. The summed E-state index contributed by atoms with van der Waals surface area (Å²) in [5.74, 6) is -0.911. The number of hydrogen-bond donors (Lipinski definition) is 0. The Bertz CT molecular complexity index is 1820. The van der Waals surface area contributed by atoms with Crippen LogP contribution in [0.3, 0.4) is 0 Å². The van der Waals surface area contributed by atoms with Crippen molar-refractivity contribution in [1.82, 2.24) is 0 Å². The van der Waals surface area contributed by atoms with E-state index >= 15 is 0 Å². The summed E-state index contributed by atoms with van der Waals surface area (Å²) in [5.41, 5.74) is 4.68. The highest BCUT2D eigenvalue weighted by Crippen LogP contribution is 2.43. The van der Waals surface area contributed by atoms with Crippen LogP contribution in [0.2, 0.25) is 0 Å². The molecule has 0 unspecified atom stereocenters. The minimum atomic E-state index is -0.455. The summed E-state index contributed by atoms with van der Waals surface area (Å²) in [5, 5.41) is 7.22. The molecule has 200 valence electrons. The predicted molar refractivity (Wildman–Crippen MR) is 165 cm³/mol. The Morgan fingerprint density at radius 3 is 1.56 bits per heavy atom. The van der Waals surface area contributed by atoms with E-state index in [0.29, 0.717) is 0 Å². The molecule has 5 nitrogen and oxygen atoms in total. The molecule has 0 heterocycles. The molecule has 0 bridgehead atoms. The van der Waals surface area contributed by atoms with Gasteiger partial charge in [0.25, 0.3) is 0 Å². The fourth-order valence-corrected chi connectivity index (χ4v) is 5.25. The Balaban J connectivity index is 1.47. The van der Waals surface area contributed by atoms with Gasteiger partial charge in [0, 0.05) is 28.9 Å². The Kier molecular flexibility index (Phi) is 6.92. The number of carbonyl (C=O) groups excluding carboxylic acids is 2. The van der Waals surface area contributed by atoms with E-state index in [1.165, 1.54) is 26.9 Å². The quantitative estimate of drug-likeness (QED) is 0.105. The van der Waals surface area contributed by atoms with Crippen molar-refractivity contribution in [3.63, 3.8) is 0 Å². The zero-order valence-electron chi connectivity index (χ0n) is 22.4. The predicted octanol–water partition coefficient (Wildman–Crippen LogP) is 8.51. The van der Waals surface area contributed by atoms with Crippen LogP contribution in [-0.2, 0) is 32.3 Å². The number of hydrogen-bond acceptors (Lipinski definition) is 5. The average molecular weight is 538 g/mol. The second-order valence-electron chi connectivity index (χ2n) is 9.73. The summed E-state index contributed by atoms with van der Waals surface area (Å²) in [7, 11) is 0. The summed E-state index contributed by atoms with van der Waals surface area (Å²) < 4.78 is 10.4. The standard InChI is InChI=1S/C36H27NO4/c1-3-33(38)40-22-24-8-16-29(17-9-24)37(30-18-10-25(11-19-30)23-41-34(39)4-2)32-21-15-28-13-12-26-6-5-7-27-14-20-31(32)36(28)35(26)27/h3-21H,1-2,22-23H2. The number of nitrogens with zero attached hydrogens (tertiary/aromatic N) is 1. The largest absolute Gasteiger partial charge is 0.458 e. The second-order valence-corrected chi connectivity index (χ2v) is 9.73. The summed E-state index contributed by atoms with van der Waals surface area (Å²) in [6, 6.07) is 35.4. The molecule has 41 heavy (non-hydrogen) atoms. The van der Waals surface area contributed by atoms with Gasteiger partial charge in [0.15, 0.2) is 0 Å². The van der Waals surface area contributed by atoms with Gasteiger partial charge >= 0.3 is 11.9 Å². The molecule has 5 heteroatoms. The van der Waals surface area contributed by atoms with Gasteiger partial charge in [-0.25, -0.2) is 9.59 Å². The van der Waals surface area contributed by atoms with Gasteiger partial charge in [-0.05, 0) is 68.4 Å². The SMILES string of the molecule is C=CC(=O)OCc1ccc(N(c2ccc(COC(=O)C=C)cc2)c2ccc3ccc4cccc5ccc2c3c45)cc1. The third kappa shape index (κ3) is 5.01. The summed E-state index contributed by atoms with van der Waals surface area (Å²) in [6.45, 7) is 7.24. The number of benzene rings is 6. The van der Waals surface area contributed by atoms with Crippen molar-refractivity contribution < 1.29 is 19.1 Å². The Morgan fingerprint density at radius 2 is 1.05 bits per heavy atom. The number of esters is 2. The molecule has 0 spiro atoms. The Labute approximate surface area is 237 Å². The van der Waals surface area contributed by atoms with Crippen molar-refractivity contribution >= 4 is 61.3 Å². The van der Waals surface area contributed by atoms with Crippen LogP contribution in [0.15, 0.2) is 128 Å².